The van der Waals surface area contributed by atoms with Gasteiger partial charge < -0.3 is 10.4 Å². The monoisotopic (exact) mass is 306 g/mol. The molecule has 0 aliphatic heterocycles. The van der Waals surface area contributed by atoms with Crippen LogP contribution in [0.15, 0.2) is 48.5 Å². The van der Waals surface area contributed by atoms with Crippen LogP contribution in [-0.2, 0) is 0 Å². The molecule has 3 N–H and O–H groups in total. The van der Waals surface area contributed by atoms with Crippen LogP contribution in [-0.4, -0.2) is 16.1 Å². The van der Waals surface area contributed by atoms with Crippen molar-refractivity contribution in [1.29, 1.82) is 0 Å². The number of phenols is 1. The van der Waals surface area contributed by atoms with E-state index in [0.717, 1.165) is 0 Å². The molecule has 0 saturated heterocycles. The number of rotatable bonds is 2. The zero-order valence-corrected chi connectivity index (χ0v) is 11.8. The van der Waals surface area contributed by atoms with Crippen molar-refractivity contribution in [2.75, 3.05) is 5.32 Å². The third-order valence-corrected chi connectivity index (χ3v) is 2.88. The normalized spacial score (nSPS) is 9.85. The average Bonchev–Trinajstić information content (AvgIpc) is 2.41. The van der Waals surface area contributed by atoms with Crippen LogP contribution in [0.4, 0.5) is 5.69 Å². The molecular formula is C14H11ClN2O2S. The number of amides is 1. The molecular weight excluding hydrogens is 296 g/mol. The number of carbonyl (C=O) groups is 1. The highest BCUT2D eigenvalue weighted by Gasteiger charge is 2.08. The van der Waals surface area contributed by atoms with Crippen LogP contribution in [0.2, 0.25) is 5.02 Å². The Morgan fingerprint density at radius 2 is 1.85 bits per heavy atom. The van der Waals surface area contributed by atoms with Crippen molar-refractivity contribution in [3.63, 3.8) is 0 Å². The summed E-state index contributed by atoms with van der Waals surface area (Å²) in [5, 5.41) is 15.2. The highest BCUT2D eigenvalue weighted by atomic mass is 35.5. The summed E-state index contributed by atoms with van der Waals surface area (Å²) in [6, 6.07) is 12.9. The van der Waals surface area contributed by atoms with Gasteiger partial charge >= 0.3 is 0 Å². The molecule has 2 aromatic carbocycles. The predicted octanol–water partition coefficient (Wildman–Crippen LogP) is 3.17. The van der Waals surface area contributed by atoms with Gasteiger partial charge in [-0.3, -0.25) is 10.1 Å². The van der Waals surface area contributed by atoms with Gasteiger partial charge in [0.2, 0.25) is 0 Å². The molecule has 0 saturated carbocycles. The summed E-state index contributed by atoms with van der Waals surface area (Å²) in [7, 11) is 0. The minimum atomic E-state index is -0.344. The van der Waals surface area contributed by atoms with Crippen LogP contribution in [0, 0.1) is 0 Å². The van der Waals surface area contributed by atoms with Gasteiger partial charge in [0.15, 0.2) is 5.11 Å². The molecule has 20 heavy (non-hydrogen) atoms. The second-order valence-electron chi connectivity index (χ2n) is 3.97. The zero-order valence-electron chi connectivity index (χ0n) is 10.3. The van der Waals surface area contributed by atoms with E-state index in [1.54, 1.807) is 36.4 Å². The fourth-order valence-electron chi connectivity index (χ4n) is 1.51. The first-order chi connectivity index (χ1) is 9.54. The Labute approximate surface area is 126 Å². The first-order valence-corrected chi connectivity index (χ1v) is 6.50. The molecule has 0 aliphatic rings. The van der Waals surface area contributed by atoms with Crippen molar-refractivity contribution in [1.82, 2.24) is 5.32 Å². The number of aromatic hydroxyl groups is 1. The van der Waals surface area contributed by atoms with E-state index in [1.807, 2.05) is 0 Å². The molecule has 2 rings (SSSR count). The summed E-state index contributed by atoms with van der Waals surface area (Å²) >= 11 is 10.9. The molecule has 0 aliphatic carbocycles. The van der Waals surface area contributed by atoms with Gasteiger partial charge in [-0.15, -0.1) is 0 Å². The van der Waals surface area contributed by atoms with Gasteiger partial charge in [-0.2, -0.15) is 0 Å². The Morgan fingerprint density at radius 3 is 2.50 bits per heavy atom. The fourth-order valence-corrected chi connectivity index (χ4v) is 1.91. The molecule has 0 bridgehead atoms. The summed E-state index contributed by atoms with van der Waals surface area (Å²) in [6.45, 7) is 0. The van der Waals surface area contributed by atoms with Crippen molar-refractivity contribution in [2.24, 2.45) is 0 Å². The van der Waals surface area contributed by atoms with E-state index in [2.05, 4.69) is 10.6 Å². The molecule has 4 nitrogen and oxygen atoms in total. The van der Waals surface area contributed by atoms with Gasteiger partial charge in [0.05, 0.1) is 0 Å². The van der Waals surface area contributed by atoms with Gasteiger partial charge in [0.1, 0.15) is 5.75 Å². The van der Waals surface area contributed by atoms with E-state index < -0.39 is 0 Å². The van der Waals surface area contributed by atoms with Crippen molar-refractivity contribution < 1.29 is 9.90 Å². The Balaban J connectivity index is 1.97. The third-order valence-electron chi connectivity index (χ3n) is 2.44. The van der Waals surface area contributed by atoms with Crippen LogP contribution >= 0.6 is 23.8 Å². The Morgan fingerprint density at radius 1 is 1.15 bits per heavy atom. The number of thiocarbonyl (C=S) groups is 1. The smallest absolute Gasteiger partial charge is 0.257 e. The molecule has 0 fully saturated rings. The Kier molecular flexibility index (Phi) is 4.55. The standard InChI is InChI=1S/C14H11ClN2O2S/c15-10-3-1-2-9(8-10)13(19)17-14(20)16-11-4-6-12(18)7-5-11/h1-8,18H,(H2,16,17,19,20). The quantitative estimate of drug-likeness (QED) is 0.589. The minimum absolute atomic E-state index is 0.157. The average molecular weight is 307 g/mol. The Hall–Kier alpha value is -2.11. The largest absolute Gasteiger partial charge is 0.508 e. The maximum atomic E-state index is 11.9. The van der Waals surface area contributed by atoms with Gasteiger partial charge in [-0.1, -0.05) is 17.7 Å². The number of benzene rings is 2. The molecule has 0 atom stereocenters. The van der Waals surface area contributed by atoms with Gasteiger partial charge in [0, 0.05) is 16.3 Å². The van der Waals surface area contributed by atoms with E-state index in [1.165, 1.54) is 12.1 Å². The second-order valence-corrected chi connectivity index (χ2v) is 4.81. The summed E-state index contributed by atoms with van der Waals surface area (Å²) in [5.74, 6) is -0.187. The van der Waals surface area contributed by atoms with Crippen LogP contribution in [0.5, 0.6) is 5.75 Å². The number of carbonyl (C=O) groups excluding carboxylic acids is 1. The summed E-state index contributed by atoms with van der Waals surface area (Å²) in [5.41, 5.74) is 1.09. The molecule has 1 amide bonds. The van der Waals surface area contributed by atoms with Crippen LogP contribution < -0.4 is 10.6 Å². The lowest BCUT2D eigenvalue weighted by Crippen LogP contribution is -2.34. The highest BCUT2D eigenvalue weighted by Crippen LogP contribution is 2.14. The summed E-state index contributed by atoms with van der Waals surface area (Å²) < 4.78 is 0. The molecule has 102 valence electrons. The number of hydrogen-bond donors (Lipinski definition) is 3. The molecule has 0 unspecified atom stereocenters. The van der Waals surface area contributed by atoms with Crippen molar-refractivity contribution in [3.8, 4) is 5.75 Å². The number of nitrogens with one attached hydrogen (secondary N) is 2. The molecule has 2 aromatic rings. The number of halogens is 1. The van der Waals surface area contributed by atoms with E-state index in [4.69, 9.17) is 28.9 Å². The molecule has 6 heteroatoms. The van der Waals surface area contributed by atoms with E-state index in [-0.39, 0.29) is 16.8 Å². The topological polar surface area (TPSA) is 61.4 Å². The first-order valence-electron chi connectivity index (χ1n) is 5.71. The molecule has 0 radical (unpaired) electrons. The van der Waals surface area contributed by atoms with Crippen molar-refractivity contribution >= 4 is 40.5 Å². The minimum Gasteiger partial charge on any atom is -0.508 e. The van der Waals surface area contributed by atoms with Gasteiger partial charge in [0.25, 0.3) is 5.91 Å². The van der Waals surface area contributed by atoms with Gasteiger partial charge in [-0.25, -0.2) is 0 Å². The number of hydrogen-bond acceptors (Lipinski definition) is 3. The molecule has 0 spiro atoms. The van der Waals surface area contributed by atoms with Crippen molar-refractivity contribution in [3.05, 3.63) is 59.1 Å². The van der Waals surface area contributed by atoms with Crippen molar-refractivity contribution in [2.45, 2.75) is 0 Å². The SMILES string of the molecule is O=C(NC(=S)Nc1ccc(O)cc1)c1cccc(Cl)c1. The highest BCUT2D eigenvalue weighted by molar-refractivity contribution is 7.80. The first kappa shape index (κ1) is 14.3. The van der Waals surface area contributed by atoms with Gasteiger partial charge in [-0.05, 0) is 54.7 Å². The maximum Gasteiger partial charge on any atom is 0.257 e. The zero-order chi connectivity index (χ0) is 14.5. The number of anilines is 1. The van der Waals surface area contributed by atoms with Crippen LogP contribution in [0.25, 0.3) is 0 Å². The van der Waals surface area contributed by atoms with Crippen LogP contribution in [0.3, 0.4) is 0 Å². The Bertz CT molecular complexity index is 644. The van der Waals surface area contributed by atoms with E-state index in [0.29, 0.717) is 16.3 Å². The lowest BCUT2D eigenvalue weighted by molar-refractivity contribution is 0.0977. The summed E-state index contributed by atoms with van der Waals surface area (Å²) in [4.78, 5) is 11.9. The summed E-state index contributed by atoms with van der Waals surface area (Å²) in [6.07, 6.45) is 0. The second kappa shape index (κ2) is 6.36. The predicted molar refractivity (Wildman–Crippen MR) is 83.2 cm³/mol. The van der Waals surface area contributed by atoms with E-state index in [9.17, 15) is 4.79 Å². The fraction of sp³-hybridized carbons (Fsp3) is 0. The van der Waals surface area contributed by atoms with E-state index >= 15 is 0 Å². The third kappa shape index (κ3) is 3.94. The van der Waals surface area contributed by atoms with Crippen LogP contribution in [0.1, 0.15) is 10.4 Å². The lowest BCUT2D eigenvalue weighted by atomic mass is 10.2. The number of phenolic OH excluding ortho intramolecular Hbond substituents is 1. The lowest BCUT2D eigenvalue weighted by Gasteiger charge is -2.09. The molecule has 0 heterocycles. The maximum absolute atomic E-state index is 11.9. The molecule has 0 aromatic heterocycles.